The normalized spacial score (nSPS) is 19.8. The summed E-state index contributed by atoms with van der Waals surface area (Å²) in [5, 5.41) is 0. The highest BCUT2D eigenvalue weighted by atomic mass is 16.1. The minimum atomic E-state index is -0.252. The van der Waals surface area contributed by atoms with Gasteiger partial charge in [-0.1, -0.05) is 37.6 Å². The van der Waals surface area contributed by atoms with Crippen LogP contribution in [0.5, 0.6) is 0 Å². The Kier molecular flexibility index (Phi) is 3.39. The molecule has 2 atom stereocenters. The first-order chi connectivity index (χ1) is 7.72. The van der Waals surface area contributed by atoms with Gasteiger partial charge in [0.15, 0.2) is 0 Å². The van der Waals surface area contributed by atoms with E-state index in [0.29, 0.717) is 12.3 Å². The maximum Gasteiger partial charge on any atom is 0.150 e. The van der Waals surface area contributed by atoms with E-state index >= 15 is 0 Å². The molecule has 2 nitrogen and oxygen atoms in total. The quantitative estimate of drug-likeness (QED) is 0.823. The van der Waals surface area contributed by atoms with Crippen molar-refractivity contribution in [2.45, 2.75) is 44.6 Å². The summed E-state index contributed by atoms with van der Waals surface area (Å²) in [7, 11) is 0. The standard InChI is InChI=1S/C14H19NO/c1-2-5-13(15)14(16)9-11-8-10-6-3-4-7-12(10)11/h3-4,6-7,11,13H,2,5,8-9,15H2,1H3. The fraction of sp³-hybridized carbons (Fsp3) is 0.500. The average Bonchev–Trinajstić information content (AvgIpc) is 2.26. The molecule has 0 fully saturated rings. The Labute approximate surface area is 96.8 Å². The van der Waals surface area contributed by atoms with E-state index < -0.39 is 0 Å². The van der Waals surface area contributed by atoms with E-state index in [2.05, 4.69) is 25.1 Å². The van der Waals surface area contributed by atoms with Crippen LogP contribution in [-0.4, -0.2) is 11.8 Å². The summed E-state index contributed by atoms with van der Waals surface area (Å²) in [6.07, 6.45) is 3.46. The fourth-order valence-electron chi connectivity index (χ4n) is 2.41. The van der Waals surface area contributed by atoms with Gasteiger partial charge in [-0.15, -0.1) is 0 Å². The van der Waals surface area contributed by atoms with Crippen LogP contribution in [0.3, 0.4) is 0 Å². The molecule has 0 amide bonds. The van der Waals surface area contributed by atoms with E-state index in [4.69, 9.17) is 5.73 Å². The summed E-state index contributed by atoms with van der Waals surface area (Å²) >= 11 is 0. The van der Waals surface area contributed by atoms with Gasteiger partial charge in [0, 0.05) is 6.42 Å². The predicted molar refractivity (Wildman–Crippen MR) is 65.4 cm³/mol. The third-order valence-electron chi connectivity index (χ3n) is 3.42. The smallest absolute Gasteiger partial charge is 0.150 e. The second kappa shape index (κ2) is 4.79. The van der Waals surface area contributed by atoms with Gasteiger partial charge in [0.2, 0.25) is 0 Å². The summed E-state index contributed by atoms with van der Waals surface area (Å²) in [5.74, 6) is 0.646. The number of carbonyl (C=O) groups is 1. The maximum atomic E-state index is 11.8. The van der Waals surface area contributed by atoms with Crippen LogP contribution < -0.4 is 5.73 Å². The highest BCUT2D eigenvalue weighted by Gasteiger charge is 2.28. The zero-order valence-electron chi connectivity index (χ0n) is 9.78. The lowest BCUT2D eigenvalue weighted by atomic mass is 9.74. The number of ketones is 1. The van der Waals surface area contributed by atoms with E-state index in [0.717, 1.165) is 19.3 Å². The molecule has 2 heteroatoms. The van der Waals surface area contributed by atoms with Gasteiger partial charge in [0.05, 0.1) is 6.04 Å². The van der Waals surface area contributed by atoms with Gasteiger partial charge in [-0.05, 0) is 29.9 Å². The molecule has 0 aliphatic heterocycles. The van der Waals surface area contributed by atoms with Crippen LogP contribution >= 0.6 is 0 Å². The Morgan fingerprint density at radius 1 is 1.50 bits per heavy atom. The van der Waals surface area contributed by atoms with Gasteiger partial charge in [-0.3, -0.25) is 4.79 Å². The molecule has 16 heavy (non-hydrogen) atoms. The lowest BCUT2D eigenvalue weighted by molar-refractivity contribution is -0.120. The largest absolute Gasteiger partial charge is 0.322 e. The molecule has 1 aliphatic rings. The molecule has 0 radical (unpaired) electrons. The molecular formula is C14H19NO. The molecule has 1 aliphatic carbocycles. The SMILES string of the molecule is CCCC(N)C(=O)CC1Cc2ccccc21. The molecule has 1 aromatic carbocycles. The maximum absolute atomic E-state index is 11.8. The summed E-state index contributed by atoms with van der Waals surface area (Å²) in [5.41, 5.74) is 8.56. The number of hydrogen-bond acceptors (Lipinski definition) is 2. The number of fused-ring (bicyclic) bond motifs is 1. The van der Waals surface area contributed by atoms with Gasteiger partial charge < -0.3 is 5.73 Å². The summed E-state index contributed by atoms with van der Waals surface area (Å²) in [4.78, 5) is 11.8. The summed E-state index contributed by atoms with van der Waals surface area (Å²) < 4.78 is 0. The van der Waals surface area contributed by atoms with E-state index in [1.54, 1.807) is 0 Å². The zero-order chi connectivity index (χ0) is 11.5. The molecule has 2 N–H and O–H groups in total. The van der Waals surface area contributed by atoms with E-state index in [1.807, 2.05) is 6.07 Å². The minimum Gasteiger partial charge on any atom is -0.322 e. The van der Waals surface area contributed by atoms with Crippen molar-refractivity contribution in [3.05, 3.63) is 35.4 Å². The van der Waals surface area contributed by atoms with Crippen LogP contribution in [0, 0.1) is 0 Å². The lowest BCUT2D eigenvalue weighted by Crippen LogP contribution is -2.33. The van der Waals surface area contributed by atoms with Gasteiger partial charge in [0.25, 0.3) is 0 Å². The molecule has 2 rings (SSSR count). The Hall–Kier alpha value is -1.15. The molecule has 2 unspecified atom stereocenters. The highest BCUT2D eigenvalue weighted by molar-refractivity contribution is 5.84. The van der Waals surface area contributed by atoms with Gasteiger partial charge >= 0.3 is 0 Å². The van der Waals surface area contributed by atoms with Crippen molar-refractivity contribution in [2.24, 2.45) is 5.73 Å². The first-order valence-corrected chi connectivity index (χ1v) is 6.08. The number of carbonyl (C=O) groups excluding carboxylic acids is 1. The van der Waals surface area contributed by atoms with Crippen LogP contribution in [0.4, 0.5) is 0 Å². The number of nitrogens with two attached hydrogens (primary N) is 1. The first kappa shape index (κ1) is 11.3. The average molecular weight is 217 g/mol. The van der Waals surface area contributed by atoms with Crippen molar-refractivity contribution >= 4 is 5.78 Å². The highest BCUT2D eigenvalue weighted by Crippen LogP contribution is 2.37. The molecule has 0 aromatic heterocycles. The van der Waals surface area contributed by atoms with Crippen molar-refractivity contribution in [3.63, 3.8) is 0 Å². The van der Waals surface area contributed by atoms with Crippen LogP contribution in [-0.2, 0) is 11.2 Å². The van der Waals surface area contributed by atoms with Crippen LogP contribution in [0.15, 0.2) is 24.3 Å². The van der Waals surface area contributed by atoms with Gasteiger partial charge in [-0.2, -0.15) is 0 Å². The van der Waals surface area contributed by atoms with Crippen LogP contribution in [0.2, 0.25) is 0 Å². The molecule has 0 saturated carbocycles. The van der Waals surface area contributed by atoms with Crippen molar-refractivity contribution in [2.75, 3.05) is 0 Å². The second-order valence-corrected chi connectivity index (χ2v) is 4.67. The molecule has 0 spiro atoms. The van der Waals surface area contributed by atoms with Gasteiger partial charge in [-0.25, -0.2) is 0 Å². The molecular weight excluding hydrogens is 198 g/mol. The predicted octanol–water partition coefficient (Wildman–Crippen LogP) is 2.41. The Balaban J connectivity index is 1.92. The fourth-order valence-corrected chi connectivity index (χ4v) is 2.41. The zero-order valence-corrected chi connectivity index (χ0v) is 9.78. The third kappa shape index (κ3) is 2.17. The number of hydrogen-bond donors (Lipinski definition) is 1. The molecule has 0 heterocycles. The van der Waals surface area contributed by atoms with Crippen LogP contribution in [0.25, 0.3) is 0 Å². The Morgan fingerprint density at radius 3 is 2.94 bits per heavy atom. The topological polar surface area (TPSA) is 43.1 Å². The molecule has 86 valence electrons. The monoisotopic (exact) mass is 217 g/mol. The minimum absolute atomic E-state index is 0.223. The lowest BCUT2D eigenvalue weighted by Gasteiger charge is -2.30. The number of benzene rings is 1. The van der Waals surface area contributed by atoms with Crippen molar-refractivity contribution in [1.29, 1.82) is 0 Å². The molecule has 0 saturated heterocycles. The summed E-state index contributed by atoms with van der Waals surface area (Å²) in [6, 6.07) is 8.11. The Bertz CT molecular complexity index is 386. The van der Waals surface area contributed by atoms with E-state index in [1.165, 1.54) is 11.1 Å². The van der Waals surface area contributed by atoms with E-state index in [9.17, 15) is 4.79 Å². The number of rotatable bonds is 5. The third-order valence-corrected chi connectivity index (χ3v) is 3.42. The first-order valence-electron chi connectivity index (χ1n) is 6.08. The molecule has 1 aromatic rings. The number of Topliss-reactive ketones (excluding diaryl/α,β-unsaturated/α-hetero) is 1. The second-order valence-electron chi connectivity index (χ2n) is 4.67. The van der Waals surface area contributed by atoms with Crippen molar-refractivity contribution in [1.82, 2.24) is 0 Å². The van der Waals surface area contributed by atoms with Crippen molar-refractivity contribution < 1.29 is 4.79 Å². The Morgan fingerprint density at radius 2 is 2.25 bits per heavy atom. The molecule has 0 bridgehead atoms. The van der Waals surface area contributed by atoms with Gasteiger partial charge in [0.1, 0.15) is 5.78 Å². The van der Waals surface area contributed by atoms with E-state index in [-0.39, 0.29) is 11.8 Å². The summed E-state index contributed by atoms with van der Waals surface area (Å²) in [6.45, 7) is 2.06. The van der Waals surface area contributed by atoms with Crippen LogP contribution in [0.1, 0.15) is 43.2 Å². The van der Waals surface area contributed by atoms with Crippen molar-refractivity contribution in [3.8, 4) is 0 Å².